The summed E-state index contributed by atoms with van der Waals surface area (Å²) in [7, 11) is 1.66. The van der Waals surface area contributed by atoms with Gasteiger partial charge in [-0.25, -0.2) is 4.98 Å². The van der Waals surface area contributed by atoms with Crippen LogP contribution in [0.3, 0.4) is 0 Å². The van der Waals surface area contributed by atoms with Crippen LogP contribution >= 0.6 is 0 Å². The van der Waals surface area contributed by atoms with E-state index in [0.717, 1.165) is 42.0 Å². The average molecular weight is 258 g/mol. The van der Waals surface area contributed by atoms with Crippen LogP contribution in [0.2, 0.25) is 0 Å². The average Bonchev–Trinajstić information content (AvgIpc) is 2.89. The van der Waals surface area contributed by atoms with Crippen LogP contribution in [0.5, 0.6) is 5.75 Å². The van der Waals surface area contributed by atoms with Gasteiger partial charge in [0.15, 0.2) is 0 Å². The second-order valence-corrected chi connectivity index (χ2v) is 4.93. The van der Waals surface area contributed by atoms with Gasteiger partial charge in [-0.1, -0.05) is 12.1 Å². The predicted molar refractivity (Wildman–Crippen MR) is 73.1 cm³/mol. The van der Waals surface area contributed by atoms with E-state index in [1.165, 1.54) is 0 Å². The molecule has 1 heterocycles. The maximum Gasteiger partial charge on any atom is 0.230 e. The summed E-state index contributed by atoms with van der Waals surface area (Å²) in [5.41, 5.74) is 7.72. The third-order valence-corrected chi connectivity index (χ3v) is 3.71. The number of benzene rings is 1. The summed E-state index contributed by atoms with van der Waals surface area (Å²) in [5, 5.41) is 0. The number of ether oxygens (including phenoxy) is 1. The summed E-state index contributed by atoms with van der Waals surface area (Å²) in [6.07, 6.45) is 2.95. The van der Waals surface area contributed by atoms with E-state index in [2.05, 4.69) is 4.98 Å². The van der Waals surface area contributed by atoms with Crippen LogP contribution in [-0.2, 0) is 12.8 Å². The fourth-order valence-corrected chi connectivity index (χ4v) is 2.58. The molecule has 2 N–H and O–H groups in total. The summed E-state index contributed by atoms with van der Waals surface area (Å²) >= 11 is 0. The van der Waals surface area contributed by atoms with Gasteiger partial charge in [-0.05, 0) is 37.4 Å². The van der Waals surface area contributed by atoms with Crippen molar-refractivity contribution in [3.63, 3.8) is 0 Å². The van der Waals surface area contributed by atoms with Crippen LogP contribution in [0.25, 0.3) is 11.5 Å². The van der Waals surface area contributed by atoms with E-state index in [0.29, 0.717) is 18.4 Å². The number of methoxy groups -OCH3 is 1. The first-order valence-corrected chi connectivity index (χ1v) is 6.64. The molecule has 0 saturated heterocycles. The fourth-order valence-electron chi connectivity index (χ4n) is 2.58. The Labute approximate surface area is 112 Å². The number of aromatic nitrogens is 1. The molecule has 1 aliphatic carbocycles. The third kappa shape index (κ3) is 2.24. The van der Waals surface area contributed by atoms with Crippen molar-refractivity contribution in [3.05, 3.63) is 35.7 Å². The molecule has 3 rings (SSSR count). The van der Waals surface area contributed by atoms with E-state index in [1.54, 1.807) is 7.11 Å². The van der Waals surface area contributed by atoms with Crippen LogP contribution in [0.1, 0.15) is 17.9 Å². The van der Waals surface area contributed by atoms with Gasteiger partial charge in [-0.3, -0.25) is 0 Å². The Bertz CT molecular complexity index is 577. The SMILES string of the molecule is COc1ccccc1-c1nc2c(o1)CC(CN)CC2. The first-order valence-electron chi connectivity index (χ1n) is 6.64. The Balaban J connectivity index is 1.97. The number of hydrogen-bond donors (Lipinski definition) is 1. The lowest BCUT2D eigenvalue weighted by Gasteiger charge is -2.17. The molecule has 0 aliphatic heterocycles. The summed E-state index contributed by atoms with van der Waals surface area (Å²) in [4.78, 5) is 4.61. The molecule has 0 saturated carbocycles. The molecule has 0 fully saturated rings. The third-order valence-electron chi connectivity index (χ3n) is 3.71. The lowest BCUT2D eigenvalue weighted by atomic mass is 9.91. The number of oxazole rings is 1. The largest absolute Gasteiger partial charge is 0.496 e. The zero-order valence-corrected chi connectivity index (χ0v) is 11.1. The molecule has 1 aliphatic rings. The maximum atomic E-state index is 5.92. The molecule has 2 aromatic rings. The lowest BCUT2D eigenvalue weighted by molar-refractivity contribution is 0.397. The number of rotatable bonds is 3. The molecule has 0 amide bonds. The molecule has 1 unspecified atom stereocenters. The fraction of sp³-hybridized carbons (Fsp3) is 0.400. The van der Waals surface area contributed by atoms with Crippen LogP contribution < -0.4 is 10.5 Å². The minimum Gasteiger partial charge on any atom is -0.496 e. The van der Waals surface area contributed by atoms with Gasteiger partial charge >= 0.3 is 0 Å². The molecule has 0 radical (unpaired) electrons. The van der Waals surface area contributed by atoms with Gasteiger partial charge in [0.25, 0.3) is 0 Å². The van der Waals surface area contributed by atoms with Crippen LogP contribution in [-0.4, -0.2) is 18.6 Å². The highest BCUT2D eigenvalue weighted by Gasteiger charge is 2.24. The number of nitrogens with two attached hydrogens (primary N) is 1. The summed E-state index contributed by atoms with van der Waals surface area (Å²) < 4.78 is 11.3. The Hall–Kier alpha value is -1.81. The van der Waals surface area contributed by atoms with Crippen LogP contribution in [0.4, 0.5) is 0 Å². The Morgan fingerprint density at radius 3 is 3.05 bits per heavy atom. The van der Waals surface area contributed by atoms with Gasteiger partial charge in [-0.15, -0.1) is 0 Å². The molecule has 19 heavy (non-hydrogen) atoms. The summed E-state index contributed by atoms with van der Waals surface area (Å²) in [6.45, 7) is 0.712. The second-order valence-electron chi connectivity index (χ2n) is 4.93. The van der Waals surface area contributed by atoms with Crippen molar-refractivity contribution in [2.24, 2.45) is 11.7 Å². The normalized spacial score (nSPS) is 18.1. The number of nitrogens with zero attached hydrogens (tertiary/aromatic N) is 1. The molecule has 1 aromatic carbocycles. The Morgan fingerprint density at radius 2 is 2.26 bits per heavy atom. The molecule has 1 aromatic heterocycles. The smallest absolute Gasteiger partial charge is 0.230 e. The molecule has 4 nitrogen and oxygen atoms in total. The number of hydrogen-bond acceptors (Lipinski definition) is 4. The van der Waals surface area contributed by atoms with E-state index in [1.807, 2.05) is 24.3 Å². The van der Waals surface area contributed by atoms with Crippen LogP contribution in [0.15, 0.2) is 28.7 Å². The van der Waals surface area contributed by atoms with Gasteiger partial charge in [0.1, 0.15) is 11.5 Å². The molecule has 0 bridgehead atoms. The van der Waals surface area contributed by atoms with Gasteiger partial charge in [0.2, 0.25) is 5.89 Å². The quantitative estimate of drug-likeness (QED) is 0.918. The van der Waals surface area contributed by atoms with Crippen molar-refractivity contribution in [1.82, 2.24) is 4.98 Å². The van der Waals surface area contributed by atoms with E-state index in [-0.39, 0.29) is 0 Å². The van der Waals surface area contributed by atoms with Crippen LogP contribution in [0, 0.1) is 5.92 Å². The summed E-state index contributed by atoms with van der Waals surface area (Å²) in [6, 6.07) is 7.79. The molecule has 1 atom stereocenters. The minimum atomic E-state index is 0.519. The monoisotopic (exact) mass is 258 g/mol. The number of fused-ring (bicyclic) bond motifs is 1. The molecule has 100 valence electrons. The zero-order chi connectivity index (χ0) is 13.2. The van der Waals surface area contributed by atoms with Gasteiger partial charge in [-0.2, -0.15) is 0 Å². The van der Waals surface area contributed by atoms with Crippen molar-refractivity contribution >= 4 is 0 Å². The molecular weight excluding hydrogens is 240 g/mol. The lowest BCUT2D eigenvalue weighted by Crippen LogP contribution is -2.21. The first-order chi connectivity index (χ1) is 9.31. The summed E-state index contributed by atoms with van der Waals surface area (Å²) in [5.74, 6) is 2.95. The van der Waals surface area contributed by atoms with E-state index >= 15 is 0 Å². The molecular formula is C15H18N2O2. The van der Waals surface area contributed by atoms with E-state index in [4.69, 9.17) is 14.9 Å². The molecule has 4 heteroatoms. The van der Waals surface area contributed by atoms with E-state index < -0.39 is 0 Å². The number of aryl methyl sites for hydroxylation is 1. The van der Waals surface area contributed by atoms with E-state index in [9.17, 15) is 0 Å². The second kappa shape index (κ2) is 5.05. The van der Waals surface area contributed by atoms with Gasteiger partial charge in [0, 0.05) is 6.42 Å². The predicted octanol–water partition coefficient (Wildman–Crippen LogP) is 2.41. The zero-order valence-electron chi connectivity index (χ0n) is 11.1. The van der Waals surface area contributed by atoms with Gasteiger partial charge < -0.3 is 14.9 Å². The van der Waals surface area contributed by atoms with Gasteiger partial charge in [0.05, 0.1) is 18.4 Å². The molecule has 0 spiro atoms. The topological polar surface area (TPSA) is 61.3 Å². The Morgan fingerprint density at radius 1 is 1.42 bits per heavy atom. The standard InChI is InChI=1S/C15H18N2O2/c1-18-13-5-3-2-4-11(13)15-17-12-7-6-10(9-16)8-14(12)19-15/h2-5,10H,6-9,16H2,1H3. The highest BCUT2D eigenvalue weighted by Crippen LogP contribution is 2.33. The maximum absolute atomic E-state index is 5.92. The minimum absolute atomic E-state index is 0.519. The van der Waals surface area contributed by atoms with Crippen molar-refractivity contribution in [3.8, 4) is 17.2 Å². The van der Waals surface area contributed by atoms with Crippen molar-refractivity contribution in [1.29, 1.82) is 0 Å². The Kier molecular flexibility index (Phi) is 3.25. The first kappa shape index (κ1) is 12.2. The van der Waals surface area contributed by atoms with Crippen molar-refractivity contribution < 1.29 is 9.15 Å². The highest BCUT2D eigenvalue weighted by atomic mass is 16.5. The highest BCUT2D eigenvalue weighted by molar-refractivity contribution is 5.63. The number of para-hydroxylation sites is 1. The van der Waals surface area contributed by atoms with Crippen molar-refractivity contribution in [2.45, 2.75) is 19.3 Å². The van der Waals surface area contributed by atoms with Crippen molar-refractivity contribution in [2.75, 3.05) is 13.7 Å².